The zero-order valence-corrected chi connectivity index (χ0v) is 9.86. The fourth-order valence-electron chi connectivity index (χ4n) is 2.00. The molecule has 17 heavy (non-hydrogen) atoms. The molecular formula is C15H16FN. The largest absolute Gasteiger partial charge is 0.327 e. The van der Waals surface area contributed by atoms with Crippen LogP contribution in [0.4, 0.5) is 4.39 Å². The highest BCUT2D eigenvalue weighted by atomic mass is 19.1. The zero-order valence-electron chi connectivity index (χ0n) is 9.86. The molecule has 0 aromatic heterocycles. The minimum absolute atomic E-state index is 0.0551. The van der Waals surface area contributed by atoms with Gasteiger partial charge in [-0.3, -0.25) is 0 Å². The van der Waals surface area contributed by atoms with Gasteiger partial charge in [0.25, 0.3) is 0 Å². The van der Waals surface area contributed by atoms with Gasteiger partial charge >= 0.3 is 0 Å². The standard InChI is InChI=1S/C15H16FN/c1-12-6-5-9-14(10-12)15(16,11-17)13-7-3-2-4-8-13/h2-10H,11,17H2,1H3. The van der Waals surface area contributed by atoms with Crippen molar-refractivity contribution in [2.45, 2.75) is 12.6 Å². The molecule has 0 saturated heterocycles. The molecule has 2 heteroatoms. The van der Waals surface area contributed by atoms with E-state index >= 15 is 4.39 Å². The Bertz CT molecular complexity index is 495. The molecule has 0 amide bonds. The van der Waals surface area contributed by atoms with E-state index in [-0.39, 0.29) is 6.54 Å². The van der Waals surface area contributed by atoms with Gasteiger partial charge in [-0.2, -0.15) is 0 Å². The van der Waals surface area contributed by atoms with E-state index in [1.54, 1.807) is 18.2 Å². The van der Waals surface area contributed by atoms with E-state index in [2.05, 4.69) is 0 Å². The van der Waals surface area contributed by atoms with Crippen LogP contribution in [0.2, 0.25) is 0 Å². The number of hydrogen-bond donors (Lipinski definition) is 1. The lowest BCUT2D eigenvalue weighted by Gasteiger charge is -2.25. The van der Waals surface area contributed by atoms with Gasteiger partial charge in [-0.25, -0.2) is 4.39 Å². The van der Waals surface area contributed by atoms with Gasteiger partial charge in [-0.15, -0.1) is 0 Å². The molecule has 0 aliphatic rings. The van der Waals surface area contributed by atoms with Crippen LogP contribution in [0, 0.1) is 6.92 Å². The first-order chi connectivity index (χ1) is 8.16. The monoisotopic (exact) mass is 229 g/mol. The number of halogens is 1. The average molecular weight is 229 g/mol. The first kappa shape index (κ1) is 11.8. The molecule has 2 aromatic rings. The van der Waals surface area contributed by atoms with Crippen LogP contribution < -0.4 is 5.73 Å². The predicted molar refractivity (Wildman–Crippen MR) is 68.6 cm³/mol. The maximum Gasteiger partial charge on any atom is 0.173 e. The van der Waals surface area contributed by atoms with E-state index in [1.165, 1.54) is 0 Å². The van der Waals surface area contributed by atoms with Gasteiger partial charge in [0.2, 0.25) is 0 Å². The Balaban J connectivity index is 2.52. The third-order valence-electron chi connectivity index (χ3n) is 2.99. The number of nitrogens with two attached hydrogens (primary N) is 1. The van der Waals surface area contributed by atoms with Gasteiger partial charge < -0.3 is 5.73 Å². The second kappa shape index (κ2) is 4.68. The maximum absolute atomic E-state index is 15.0. The van der Waals surface area contributed by atoms with Crippen molar-refractivity contribution in [3.05, 3.63) is 71.3 Å². The van der Waals surface area contributed by atoms with E-state index < -0.39 is 5.67 Å². The van der Waals surface area contributed by atoms with Gasteiger partial charge in [-0.1, -0.05) is 60.2 Å². The first-order valence-corrected chi connectivity index (χ1v) is 5.68. The summed E-state index contributed by atoms with van der Waals surface area (Å²) < 4.78 is 15.0. The molecule has 2 aromatic carbocycles. The normalized spacial score (nSPS) is 14.3. The Morgan fingerprint density at radius 2 is 1.65 bits per heavy atom. The summed E-state index contributed by atoms with van der Waals surface area (Å²) in [6.45, 7) is 1.89. The number of aryl methyl sites for hydroxylation is 1. The van der Waals surface area contributed by atoms with Gasteiger partial charge in [0.15, 0.2) is 5.67 Å². The van der Waals surface area contributed by atoms with Crippen LogP contribution in [-0.4, -0.2) is 6.54 Å². The molecule has 0 spiro atoms. The van der Waals surface area contributed by atoms with E-state index in [4.69, 9.17) is 5.73 Å². The van der Waals surface area contributed by atoms with Crippen LogP contribution in [0.3, 0.4) is 0 Å². The molecule has 0 aliphatic carbocycles. The summed E-state index contributed by atoms with van der Waals surface area (Å²) in [6.07, 6.45) is 0. The lowest BCUT2D eigenvalue weighted by molar-refractivity contribution is 0.232. The smallest absolute Gasteiger partial charge is 0.173 e. The third-order valence-corrected chi connectivity index (χ3v) is 2.99. The Kier molecular flexibility index (Phi) is 3.25. The molecule has 2 N–H and O–H groups in total. The van der Waals surface area contributed by atoms with Gasteiger partial charge in [0.05, 0.1) is 0 Å². The molecule has 0 fully saturated rings. The quantitative estimate of drug-likeness (QED) is 0.859. The van der Waals surface area contributed by atoms with Gasteiger partial charge in [0.1, 0.15) is 0 Å². The van der Waals surface area contributed by atoms with Crippen molar-refractivity contribution in [2.24, 2.45) is 5.73 Å². The molecule has 0 heterocycles. The SMILES string of the molecule is Cc1cccc(C(F)(CN)c2ccccc2)c1. The van der Waals surface area contributed by atoms with E-state index in [9.17, 15) is 0 Å². The number of hydrogen-bond acceptors (Lipinski definition) is 1. The summed E-state index contributed by atoms with van der Waals surface area (Å²) in [5.74, 6) is 0. The number of alkyl halides is 1. The van der Waals surface area contributed by atoms with E-state index in [0.29, 0.717) is 11.1 Å². The van der Waals surface area contributed by atoms with E-state index in [1.807, 2.05) is 43.3 Å². The highest BCUT2D eigenvalue weighted by Crippen LogP contribution is 2.33. The Labute approximate surface area is 101 Å². The van der Waals surface area contributed by atoms with Crippen molar-refractivity contribution in [3.8, 4) is 0 Å². The molecule has 1 atom stereocenters. The van der Waals surface area contributed by atoms with Crippen molar-refractivity contribution in [3.63, 3.8) is 0 Å². The maximum atomic E-state index is 15.0. The van der Waals surface area contributed by atoms with Crippen LogP contribution >= 0.6 is 0 Å². The highest BCUT2D eigenvalue weighted by Gasteiger charge is 2.32. The Hall–Kier alpha value is -1.67. The van der Waals surface area contributed by atoms with Gasteiger partial charge in [-0.05, 0) is 18.1 Å². The van der Waals surface area contributed by atoms with Crippen molar-refractivity contribution in [1.82, 2.24) is 0 Å². The van der Waals surface area contributed by atoms with Crippen LogP contribution in [0.5, 0.6) is 0 Å². The summed E-state index contributed by atoms with van der Waals surface area (Å²) in [4.78, 5) is 0. The highest BCUT2D eigenvalue weighted by molar-refractivity contribution is 5.38. The molecule has 0 radical (unpaired) electrons. The molecular weight excluding hydrogens is 213 g/mol. The number of benzene rings is 2. The molecule has 1 nitrogen and oxygen atoms in total. The average Bonchev–Trinajstić information content (AvgIpc) is 2.39. The summed E-state index contributed by atoms with van der Waals surface area (Å²) in [5.41, 5.74) is 6.30. The first-order valence-electron chi connectivity index (χ1n) is 5.68. The molecule has 0 aliphatic heterocycles. The third kappa shape index (κ3) is 2.22. The van der Waals surface area contributed by atoms with Crippen LogP contribution in [0.1, 0.15) is 16.7 Å². The lowest BCUT2D eigenvalue weighted by atomic mass is 9.87. The van der Waals surface area contributed by atoms with Crippen molar-refractivity contribution in [2.75, 3.05) is 6.54 Å². The van der Waals surface area contributed by atoms with Crippen LogP contribution in [-0.2, 0) is 5.67 Å². The fraction of sp³-hybridized carbons (Fsp3) is 0.200. The second-order valence-corrected chi connectivity index (χ2v) is 4.24. The Morgan fingerprint density at radius 1 is 1.00 bits per heavy atom. The predicted octanol–water partition coefficient (Wildman–Crippen LogP) is 3.17. The minimum atomic E-state index is -1.60. The summed E-state index contributed by atoms with van der Waals surface area (Å²) in [7, 11) is 0. The molecule has 1 unspecified atom stereocenters. The zero-order chi connectivity index (χ0) is 12.3. The molecule has 0 saturated carbocycles. The topological polar surface area (TPSA) is 26.0 Å². The molecule has 0 bridgehead atoms. The second-order valence-electron chi connectivity index (χ2n) is 4.24. The Morgan fingerprint density at radius 3 is 2.24 bits per heavy atom. The minimum Gasteiger partial charge on any atom is -0.327 e. The van der Waals surface area contributed by atoms with Crippen LogP contribution in [0.25, 0.3) is 0 Å². The molecule has 2 rings (SSSR count). The fourth-order valence-corrected chi connectivity index (χ4v) is 2.00. The van der Waals surface area contributed by atoms with Crippen molar-refractivity contribution < 1.29 is 4.39 Å². The van der Waals surface area contributed by atoms with E-state index in [0.717, 1.165) is 5.56 Å². The van der Waals surface area contributed by atoms with Gasteiger partial charge in [0, 0.05) is 6.54 Å². The summed E-state index contributed by atoms with van der Waals surface area (Å²) in [6, 6.07) is 16.5. The number of rotatable bonds is 3. The van der Waals surface area contributed by atoms with Crippen molar-refractivity contribution >= 4 is 0 Å². The lowest BCUT2D eigenvalue weighted by Crippen LogP contribution is -2.31. The summed E-state index contributed by atoms with van der Waals surface area (Å²) >= 11 is 0. The van der Waals surface area contributed by atoms with Crippen LogP contribution in [0.15, 0.2) is 54.6 Å². The molecule has 88 valence electrons. The van der Waals surface area contributed by atoms with Crippen molar-refractivity contribution in [1.29, 1.82) is 0 Å². The summed E-state index contributed by atoms with van der Waals surface area (Å²) in [5, 5.41) is 0.